The minimum Gasteiger partial charge on any atom is -0.326 e. The Morgan fingerprint density at radius 1 is 1.11 bits per heavy atom. The van der Waals surface area contributed by atoms with Gasteiger partial charge < -0.3 is 5.32 Å². The molecular weight excluding hydrogens is 356 g/mol. The molecular formula is C22H24N2O2S. The third-order valence-corrected chi connectivity index (χ3v) is 6.64. The highest BCUT2D eigenvalue weighted by atomic mass is 32.2. The van der Waals surface area contributed by atoms with Gasteiger partial charge in [-0.3, -0.25) is 14.5 Å². The first kappa shape index (κ1) is 18.1. The predicted molar refractivity (Wildman–Crippen MR) is 111 cm³/mol. The van der Waals surface area contributed by atoms with E-state index in [-0.39, 0.29) is 23.1 Å². The summed E-state index contributed by atoms with van der Waals surface area (Å²) in [6.07, 6.45) is 4.13. The van der Waals surface area contributed by atoms with E-state index >= 15 is 0 Å². The zero-order chi connectivity index (χ0) is 18.8. The normalized spacial score (nSPS) is 19.8. The molecule has 1 heterocycles. The molecule has 5 heteroatoms. The molecule has 2 fully saturated rings. The number of carbonyl (C=O) groups excluding carboxylic acids is 2. The zero-order valence-electron chi connectivity index (χ0n) is 15.5. The lowest BCUT2D eigenvalue weighted by Crippen LogP contribution is -2.28. The molecule has 0 spiro atoms. The van der Waals surface area contributed by atoms with Gasteiger partial charge in [-0.2, -0.15) is 0 Å². The molecule has 1 aliphatic heterocycles. The van der Waals surface area contributed by atoms with Crippen molar-refractivity contribution in [2.75, 3.05) is 16.0 Å². The summed E-state index contributed by atoms with van der Waals surface area (Å²) in [6, 6.07) is 16.1. The maximum Gasteiger partial charge on any atom is 0.238 e. The zero-order valence-corrected chi connectivity index (χ0v) is 16.3. The molecule has 1 N–H and O–H groups in total. The molecule has 2 aromatic carbocycles. The fourth-order valence-electron chi connectivity index (χ4n) is 3.49. The van der Waals surface area contributed by atoms with Crippen LogP contribution in [0, 0.1) is 5.92 Å². The second kappa shape index (κ2) is 7.77. The lowest BCUT2D eigenvalue weighted by Gasteiger charge is -2.25. The number of carbonyl (C=O) groups is 2. The van der Waals surface area contributed by atoms with Gasteiger partial charge in [0.15, 0.2) is 0 Å². The Balaban J connectivity index is 1.50. The fraction of sp³-hybridized carbons (Fsp3) is 0.364. The molecule has 140 valence electrons. The van der Waals surface area contributed by atoms with Crippen molar-refractivity contribution in [2.45, 2.75) is 38.0 Å². The summed E-state index contributed by atoms with van der Waals surface area (Å²) in [5.41, 5.74) is 4.10. The Hall–Kier alpha value is -2.27. The van der Waals surface area contributed by atoms with Crippen LogP contribution in [0.25, 0.3) is 0 Å². The van der Waals surface area contributed by atoms with Crippen molar-refractivity contribution in [1.82, 2.24) is 0 Å². The summed E-state index contributed by atoms with van der Waals surface area (Å²) in [6.45, 7) is 2.12. The van der Waals surface area contributed by atoms with Crippen molar-refractivity contribution in [3.8, 4) is 0 Å². The van der Waals surface area contributed by atoms with Gasteiger partial charge in [-0.1, -0.05) is 37.6 Å². The molecule has 4 nitrogen and oxygen atoms in total. The van der Waals surface area contributed by atoms with Gasteiger partial charge in [0.25, 0.3) is 0 Å². The smallest absolute Gasteiger partial charge is 0.238 e. The number of hydrogen-bond acceptors (Lipinski definition) is 3. The summed E-state index contributed by atoms with van der Waals surface area (Å²) in [4.78, 5) is 26.5. The molecule has 1 unspecified atom stereocenters. The van der Waals surface area contributed by atoms with E-state index < -0.39 is 0 Å². The molecule has 1 saturated carbocycles. The Labute approximate surface area is 164 Å². The molecule has 1 aliphatic carbocycles. The van der Waals surface area contributed by atoms with Crippen LogP contribution in [0.3, 0.4) is 0 Å². The number of amides is 2. The maximum absolute atomic E-state index is 12.5. The van der Waals surface area contributed by atoms with Crippen LogP contribution in [0.2, 0.25) is 0 Å². The van der Waals surface area contributed by atoms with Crippen LogP contribution >= 0.6 is 11.8 Å². The van der Waals surface area contributed by atoms with Crippen molar-refractivity contribution in [1.29, 1.82) is 0 Å². The molecule has 4 rings (SSSR count). The number of benzene rings is 2. The minimum atomic E-state index is -0.0265. The summed E-state index contributed by atoms with van der Waals surface area (Å²) in [7, 11) is 0. The van der Waals surface area contributed by atoms with E-state index in [9.17, 15) is 9.59 Å². The number of hydrogen-bond donors (Lipinski definition) is 1. The second-order valence-corrected chi connectivity index (χ2v) is 8.25. The summed E-state index contributed by atoms with van der Waals surface area (Å²) in [5, 5.41) is 2.97. The quantitative estimate of drug-likeness (QED) is 0.813. The van der Waals surface area contributed by atoms with Gasteiger partial charge in [0.1, 0.15) is 5.37 Å². The molecule has 2 aliphatic rings. The third kappa shape index (κ3) is 3.74. The summed E-state index contributed by atoms with van der Waals surface area (Å²) >= 11 is 1.64. The second-order valence-electron chi connectivity index (χ2n) is 7.19. The highest BCUT2D eigenvalue weighted by Crippen LogP contribution is 2.42. The molecule has 1 saturated heterocycles. The van der Waals surface area contributed by atoms with Crippen LogP contribution in [0.5, 0.6) is 0 Å². The van der Waals surface area contributed by atoms with E-state index in [1.807, 2.05) is 41.3 Å². The lowest BCUT2D eigenvalue weighted by atomic mass is 9.85. The Kier molecular flexibility index (Phi) is 5.21. The average Bonchev–Trinajstić information content (AvgIpc) is 3.02. The maximum atomic E-state index is 12.5. The summed E-state index contributed by atoms with van der Waals surface area (Å²) in [5.74, 6) is 0.920. The van der Waals surface area contributed by atoms with Gasteiger partial charge in [0.05, 0.1) is 5.75 Å². The highest BCUT2D eigenvalue weighted by molar-refractivity contribution is 8.00. The average molecular weight is 381 g/mol. The number of rotatable bonds is 5. The van der Waals surface area contributed by atoms with Gasteiger partial charge in [-0.05, 0) is 54.7 Å². The third-order valence-electron chi connectivity index (χ3n) is 5.43. The van der Waals surface area contributed by atoms with Crippen LogP contribution < -0.4 is 10.2 Å². The van der Waals surface area contributed by atoms with Gasteiger partial charge in [0, 0.05) is 17.3 Å². The number of nitrogens with zero attached hydrogens (tertiary/aromatic N) is 1. The standard InChI is InChI=1S/C22H24N2O2S/c1-2-15-6-12-19(13-7-15)24-20(25)14-27-22(24)17-8-10-18(11-9-17)23-21(26)16-4-3-5-16/h6-13,16,22H,2-5,14H2,1H3,(H,23,26). The van der Waals surface area contributed by atoms with Crippen molar-refractivity contribution in [2.24, 2.45) is 5.92 Å². The Morgan fingerprint density at radius 3 is 2.41 bits per heavy atom. The SMILES string of the molecule is CCc1ccc(N2C(=O)CSC2c2ccc(NC(=O)C3CCC3)cc2)cc1. The number of anilines is 2. The highest BCUT2D eigenvalue weighted by Gasteiger charge is 2.34. The number of nitrogens with one attached hydrogen (secondary N) is 1. The minimum absolute atomic E-state index is 0.0265. The molecule has 0 bridgehead atoms. The van der Waals surface area contributed by atoms with Crippen LogP contribution in [0.1, 0.15) is 42.7 Å². The van der Waals surface area contributed by atoms with Gasteiger partial charge in [-0.15, -0.1) is 11.8 Å². The lowest BCUT2D eigenvalue weighted by molar-refractivity contribution is -0.122. The molecule has 1 atom stereocenters. The molecule has 2 aromatic rings. The van der Waals surface area contributed by atoms with E-state index in [0.29, 0.717) is 5.75 Å². The predicted octanol–water partition coefficient (Wildman–Crippen LogP) is 4.77. The molecule has 0 radical (unpaired) electrons. The first-order valence-electron chi connectivity index (χ1n) is 9.59. The first-order valence-corrected chi connectivity index (χ1v) is 10.6. The fourth-order valence-corrected chi connectivity index (χ4v) is 4.67. The van der Waals surface area contributed by atoms with E-state index in [1.54, 1.807) is 11.8 Å². The van der Waals surface area contributed by atoms with Crippen molar-refractivity contribution < 1.29 is 9.59 Å². The summed E-state index contributed by atoms with van der Waals surface area (Å²) < 4.78 is 0. The van der Waals surface area contributed by atoms with Crippen LogP contribution in [0.15, 0.2) is 48.5 Å². The van der Waals surface area contributed by atoms with E-state index in [1.165, 1.54) is 5.56 Å². The number of thioether (sulfide) groups is 1. The van der Waals surface area contributed by atoms with Crippen molar-refractivity contribution in [3.05, 3.63) is 59.7 Å². The molecule has 2 amide bonds. The van der Waals surface area contributed by atoms with Crippen LogP contribution in [-0.2, 0) is 16.0 Å². The van der Waals surface area contributed by atoms with Crippen molar-refractivity contribution >= 4 is 35.0 Å². The topological polar surface area (TPSA) is 49.4 Å². The van der Waals surface area contributed by atoms with Gasteiger partial charge >= 0.3 is 0 Å². The Bertz CT molecular complexity index is 828. The Morgan fingerprint density at radius 2 is 1.81 bits per heavy atom. The van der Waals surface area contributed by atoms with E-state index in [2.05, 4.69) is 24.4 Å². The number of aryl methyl sites for hydroxylation is 1. The van der Waals surface area contributed by atoms with Gasteiger partial charge in [-0.25, -0.2) is 0 Å². The molecule has 27 heavy (non-hydrogen) atoms. The first-order chi connectivity index (χ1) is 13.2. The van der Waals surface area contributed by atoms with E-state index in [4.69, 9.17) is 0 Å². The van der Waals surface area contributed by atoms with Crippen LogP contribution in [0.4, 0.5) is 11.4 Å². The van der Waals surface area contributed by atoms with Crippen LogP contribution in [-0.4, -0.2) is 17.6 Å². The van der Waals surface area contributed by atoms with Gasteiger partial charge in [0.2, 0.25) is 11.8 Å². The molecule has 0 aromatic heterocycles. The van der Waals surface area contributed by atoms with E-state index in [0.717, 1.165) is 42.6 Å². The largest absolute Gasteiger partial charge is 0.326 e. The van der Waals surface area contributed by atoms with Crippen molar-refractivity contribution in [3.63, 3.8) is 0 Å². The monoisotopic (exact) mass is 380 g/mol.